The SMILES string of the molecule is CCNC(Cc1ccccc1OC)c1cc(Br)sc1C. The molecule has 0 bridgehead atoms. The van der Waals surface area contributed by atoms with Crippen LogP contribution in [-0.2, 0) is 6.42 Å². The van der Waals surface area contributed by atoms with Gasteiger partial charge in [0.15, 0.2) is 0 Å². The highest BCUT2D eigenvalue weighted by molar-refractivity contribution is 9.11. The molecule has 0 aliphatic heterocycles. The van der Waals surface area contributed by atoms with E-state index >= 15 is 0 Å². The number of hydrogen-bond donors (Lipinski definition) is 1. The fraction of sp³-hybridized carbons (Fsp3) is 0.375. The number of hydrogen-bond acceptors (Lipinski definition) is 3. The summed E-state index contributed by atoms with van der Waals surface area (Å²) in [7, 11) is 1.73. The number of aryl methyl sites for hydroxylation is 1. The lowest BCUT2D eigenvalue weighted by molar-refractivity contribution is 0.405. The van der Waals surface area contributed by atoms with Gasteiger partial charge in [0.2, 0.25) is 0 Å². The normalized spacial score (nSPS) is 12.4. The van der Waals surface area contributed by atoms with Crippen molar-refractivity contribution in [1.82, 2.24) is 5.32 Å². The Hall–Kier alpha value is -0.840. The van der Waals surface area contributed by atoms with Crippen LogP contribution in [0.2, 0.25) is 0 Å². The molecule has 1 N–H and O–H groups in total. The van der Waals surface area contributed by atoms with Crippen molar-refractivity contribution in [2.75, 3.05) is 13.7 Å². The van der Waals surface area contributed by atoms with Crippen molar-refractivity contribution in [1.29, 1.82) is 0 Å². The van der Waals surface area contributed by atoms with Gasteiger partial charge in [-0.05, 0) is 59.1 Å². The summed E-state index contributed by atoms with van der Waals surface area (Å²) in [5.74, 6) is 0.961. The van der Waals surface area contributed by atoms with Crippen LogP contribution in [0, 0.1) is 6.92 Å². The number of methoxy groups -OCH3 is 1. The molecule has 0 aliphatic rings. The Morgan fingerprint density at radius 1 is 1.35 bits per heavy atom. The van der Waals surface area contributed by atoms with Gasteiger partial charge < -0.3 is 10.1 Å². The predicted octanol–water partition coefficient (Wildman–Crippen LogP) is 4.72. The summed E-state index contributed by atoms with van der Waals surface area (Å²) in [6, 6.07) is 10.8. The van der Waals surface area contributed by atoms with Gasteiger partial charge in [0.25, 0.3) is 0 Å². The molecular formula is C16H20BrNOS. The minimum absolute atomic E-state index is 0.318. The molecule has 2 aromatic rings. The van der Waals surface area contributed by atoms with E-state index in [0.717, 1.165) is 18.7 Å². The molecule has 0 amide bonds. The first-order valence-corrected chi connectivity index (χ1v) is 8.37. The second-order valence-electron chi connectivity index (χ2n) is 4.69. The third-order valence-electron chi connectivity index (χ3n) is 3.37. The maximum Gasteiger partial charge on any atom is 0.122 e. The number of nitrogens with one attached hydrogen (secondary N) is 1. The average Bonchev–Trinajstić information content (AvgIpc) is 2.78. The van der Waals surface area contributed by atoms with Crippen LogP contribution in [0.15, 0.2) is 34.1 Å². The second-order valence-corrected chi connectivity index (χ2v) is 7.32. The molecule has 4 heteroatoms. The molecule has 1 unspecified atom stereocenters. The molecule has 0 spiro atoms. The van der Waals surface area contributed by atoms with E-state index in [1.165, 1.54) is 19.8 Å². The first-order valence-electron chi connectivity index (χ1n) is 6.76. The van der Waals surface area contributed by atoms with E-state index in [-0.39, 0.29) is 0 Å². The van der Waals surface area contributed by atoms with Gasteiger partial charge >= 0.3 is 0 Å². The van der Waals surface area contributed by atoms with Crippen LogP contribution in [0.1, 0.15) is 29.0 Å². The molecule has 1 aromatic heterocycles. The third kappa shape index (κ3) is 3.62. The largest absolute Gasteiger partial charge is 0.496 e. The van der Waals surface area contributed by atoms with E-state index in [4.69, 9.17) is 4.74 Å². The first kappa shape index (κ1) is 15.5. The van der Waals surface area contributed by atoms with Crippen molar-refractivity contribution < 1.29 is 4.74 Å². The first-order chi connectivity index (χ1) is 9.65. The molecule has 0 aliphatic carbocycles. The lowest BCUT2D eigenvalue weighted by Crippen LogP contribution is -2.23. The highest BCUT2D eigenvalue weighted by atomic mass is 79.9. The zero-order valence-electron chi connectivity index (χ0n) is 12.1. The fourth-order valence-electron chi connectivity index (χ4n) is 2.43. The molecule has 1 aromatic carbocycles. The van der Waals surface area contributed by atoms with Crippen molar-refractivity contribution in [3.8, 4) is 5.75 Å². The van der Waals surface area contributed by atoms with Crippen LogP contribution >= 0.6 is 27.3 Å². The van der Waals surface area contributed by atoms with Crippen molar-refractivity contribution >= 4 is 27.3 Å². The molecule has 0 saturated heterocycles. The Bertz CT molecular complexity index is 567. The van der Waals surface area contributed by atoms with Gasteiger partial charge in [0.05, 0.1) is 10.9 Å². The quantitative estimate of drug-likeness (QED) is 0.810. The Morgan fingerprint density at radius 3 is 2.70 bits per heavy atom. The van der Waals surface area contributed by atoms with Gasteiger partial charge in [-0.25, -0.2) is 0 Å². The van der Waals surface area contributed by atoms with E-state index in [1.807, 2.05) is 12.1 Å². The average molecular weight is 354 g/mol. The Balaban J connectivity index is 2.28. The summed E-state index contributed by atoms with van der Waals surface area (Å²) in [4.78, 5) is 1.36. The molecule has 2 rings (SSSR count). The number of likely N-dealkylation sites (N-methyl/N-ethyl adjacent to an activating group) is 1. The van der Waals surface area contributed by atoms with Crippen molar-refractivity contribution in [3.63, 3.8) is 0 Å². The summed E-state index contributed by atoms with van der Waals surface area (Å²) >= 11 is 5.37. The standard InChI is InChI=1S/C16H20BrNOS/c1-4-18-14(13-10-16(17)20-11(13)2)9-12-7-5-6-8-15(12)19-3/h5-8,10,14,18H,4,9H2,1-3H3. The van der Waals surface area contributed by atoms with Gasteiger partial charge in [-0.2, -0.15) is 0 Å². The van der Waals surface area contributed by atoms with Crippen LogP contribution in [0.3, 0.4) is 0 Å². The summed E-state index contributed by atoms with van der Waals surface area (Å²) in [6.45, 7) is 5.27. The molecular weight excluding hydrogens is 334 g/mol. The van der Waals surface area contributed by atoms with E-state index in [1.54, 1.807) is 18.4 Å². The maximum atomic E-state index is 5.46. The zero-order valence-corrected chi connectivity index (χ0v) is 14.5. The molecule has 1 atom stereocenters. The monoisotopic (exact) mass is 353 g/mol. The van der Waals surface area contributed by atoms with Gasteiger partial charge in [0.1, 0.15) is 5.75 Å². The van der Waals surface area contributed by atoms with Crippen molar-refractivity contribution in [3.05, 3.63) is 50.1 Å². The number of thiophene rings is 1. The number of benzene rings is 1. The second kappa shape index (κ2) is 7.25. The Morgan fingerprint density at radius 2 is 2.10 bits per heavy atom. The fourth-order valence-corrected chi connectivity index (χ4v) is 4.21. The zero-order chi connectivity index (χ0) is 14.5. The highest BCUT2D eigenvalue weighted by Crippen LogP contribution is 2.33. The van der Waals surface area contributed by atoms with Gasteiger partial charge in [-0.15, -0.1) is 11.3 Å². The van der Waals surface area contributed by atoms with Crippen molar-refractivity contribution in [2.24, 2.45) is 0 Å². The van der Waals surface area contributed by atoms with Crippen LogP contribution in [0.5, 0.6) is 5.75 Å². The van der Waals surface area contributed by atoms with E-state index in [2.05, 4.69) is 53.3 Å². The number of ether oxygens (including phenoxy) is 1. The maximum absolute atomic E-state index is 5.46. The molecule has 108 valence electrons. The topological polar surface area (TPSA) is 21.3 Å². The Kier molecular flexibility index (Phi) is 5.64. The summed E-state index contributed by atoms with van der Waals surface area (Å²) in [5.41, 5.74) is 2.61. The molecule has 2 nitrogen and oxygen atoms in total. The summed E-state index contributed by atoms with van der Waals surface area (Å²) < 4.78 is 6.65. The molecule has 0 saturated carbocycles. The molecule has 1 heterocycles. The molecule has 0 fully saturated rings. The molecule has 0 radical (unpaired) electrons. The van der Waals surface area contributed by atoms with E-state index < -0.39 is 0 Å². The third-order valence-corrected chi connectivity index (χ3v) is 4.94. The lowest BCUT2D eigenvalue weighted by Gasteiger charge is -2.19. The smallest absolute Gasteiger partial charge is 0.122 e. The Labute approximate surface area is 133 Å². The van der Waals surface area contributed by atoms with Gasteiger partial charge in [0, 0.05) is 10.9 Å². The lowest BCUT2D eigenvalue weighted by atomic mass is 9.99. The van der Waals surface area contributed by atoms with Gasteiger partial charge in [-0.3, -0.25) is 0 Å². The number of para-hydroxylation sites is 1. The van der Waals surface area contributed by atoms with E-state index in [0.29, 0.717) is 6.04 Å². The van der Waals surface area contributed by atoms with Crippen LogP contribution in [-0.4, -0.2) is 13.7 Å². The minimum atomic E-state index is 0.318. The number of rotatable bonds is 6. The van der Waals surface area contributed by atoms with Crippen LogP contribution < -0.4 is 10.1 Å². The highest BCUT2D eigenvalue weighted by Gasteiger charge is 2.17. The number of halogens is 1. The predicted molar refractivity (Wildman–Crippen MR) is 89.9 cm³/mol. The summed E-state index contributed by atoms with van der Waals surface area (Å²) in [6.07, 6.45) is 0.932. The van der Waals surface area contributed by atoms with E-state index in [9.17, 15) is 0 Å². The van der Waals surface area contributed by atoms with Crippen LogP contribution in [0.4, 0.5) is 0 Å². The summed E-state index contributed by atoms with van der Waals surface area (Å²) in [5, 5.41) is 3.58. The minimum Gasteiger partial charge on any atom is -0.496 e. The van der Waals surface area contributed by atoms with Crippen molar-refractivity contribution in [2.45, 2.75) is 26.3 Å². The van der Waals surface area contributed by atoms with Crippen LogP contribution in [0.25, 0.3) is 0 Å². The van der Waals surface area contributed by atoms with Gasteiger partial charge in [-0.1, -0.05) is 25.1 Å². The molecule has 20 heavy (non-hydrogen) atoms.